The largest absolute Gasteiger partial charge is 0.495 e. The van der Waals surface area contributed by atoms with Crippen LogP contribution in [-0.4, -0.2) is 52.7 Å². The number of benzene rings is 1. The number of halogens is 1. The predicted octanol–water partition coefficient (Wildman–Crippen LogP) is 2.97. The summed E-state index contributed by atoms with van der Waals surface area (Å²) in [5.74, 6) is 0.815. The Morgan fingerprint density at radius 3 is 2.80 bits per heavy atom. The molecule has 0 fully saturated rings. The second-order valence-corrected chi connectivity index (χ2v) is 7.95. The molecule has 0 aliphatic heterocycles. The smallest absolute Gasteiger partial charge is 0.294 e. The monoisotopic (exact) mass is 493 g/mol. The quantitative estimate of drug-likeness (QED) is 0.230. The average Bonchev–Trinajstić information content (AvgIpc) is 3.54. The molecule has 5 aromatic rings. The lowest BCUT2D eigenvalue weighted by atomic mass is 10.1. The molecule has 0 radical (unpaired) electrons. The number of nitrogens with zero attached hydrogens (tertiary/aromatic N) is 7. The Bertz CT molecular complexity index is 1560. The topological polar surface area (TPSA) is 145 Å². The molecule has 4 aromatic heterocycles. The van der Waals surface area contributed by atoms with Gasteiger partial charge in [-0.25, -0.2) is 20.1 Å². The van der Waals surface area contributed by atoms with Crippen LogP contribution in [0.15, 0.2) is 43.1 Å². The molecule has 0 bridgehead atoms. The third kappa shape index (κ3) is 3.98. The molecule has 13 heteroatoms. The second kappa shape index (κ2) is 9.16. The Hall–Kier alpha value is -4.29. The highest BCUT2D eigenvalue weighted by Crippen LogP contribution is 2.32. The number of ether oxygens (including phenoxy) is 1. The van der Waals surface area contributed by atoms with E-state index in [0.29, 0.717) is 46.5 Å². The van der Waals surface area contributed by atoms with Crippen LogP contribution >= 0.6 is 11.6 Å². The summed E-state index contributed by atoms with van der Waals surface area (Å²) in [5, 5.41) is 28.2. The Kier molecular flexibility index (Phi) is 5.89. The van der Waals surface area contributed by atoms with Gasteiger partial charge in [0.2, 0.25) is 0 Å². The zero-order valence-electron chi connectivity index (χ0n) is 18.7. The summed E-state index contributed by atoms with van der Waals surface area (Å²) < 4.78 is 8.56. The summed E-state index contributed by atoms with van der Waals surface area (Å²) in [6, 6.07) is 5.54. The van der Waals surface area contributed by atoms with Gasteiger partial charge in [0, 0.05) is 36.3 Å². The van der Waals surface area contributed by atoms with Gasteiger partial charge >= 0.3 is 0 Å². The number of rotatable bonds is 7. The lowest BCUT2D eigenvalue weighted by Gasteiger charge is -2.13. The van der Waals surface area contributed by atoms with Crippen LogP contribution < -0.4 is 15.5 Å². The fraction of sp³-hybridized carbons (Fsp3) is 0.182. The molecular weight excluding hydrogens is 474 g/mol. The maximum Gasteiger partial charge on any atom is 0.294 e. The van der Waals surface area contributed by atoms with E-state index in [1.165, 1.54) is 12.5 Å². The number of hydroxylamine groups is 1. The Balaban J connectivity index is 1.62. The highest BCUT2D eigenvalue weighted by Gasteiger charge is 2.18. The maximum atomic E-state index is 11.7. The number of carbonyl (C=O) groups is 1. The van der Waals surface area contributed by atoms with Gasteiger partial charge in [-0.15, -0.1) is 10.2 Å². The minimum atomic E-state index is -0.734. The van der Waals surface area contributed by atoms with E-state index < -0.39 is 5.91 Å². The lowest BCUT2D eigenvalue weighted by Crippen LogP contribution is -2.18. The Morgan fingerprint density at radius 2 is 2.06 bits per heavy atom. The number of amides is 1. The number of fused-ring (bicyclic) bond motifs is 3. The first-order chi connectivity index (χ1) is 17.0. The van der Waals surface area contributed by atoms with Gasteiger partial charge in [0.1, 0.15) is 17.8 Å². The highest BCUT2D eigenvalue weighted by molar-refractivity contribution is 6.32. The van der Waals surface area contributed by atoms with Crippen LogP contribution in [0.2, 0.25) is 5.02 Å². The van der Waals surface area contributed by atoms with Crippen LogP contribution in [0, 0.1) is 0 Å². The van der Waals surface area contributed by atoms with Crippen molar-refractivity contribution in [1.82, 2.24) is 40.0 Å². The van der Waals surface area contributed by atoms with Crippen LogP contribution in [0.5, 0.6) is 5.75 Å². The molecule has 0 spiro atoms. The van der Waals surface area contributed by atoms with E-state index in [4.69, 9.17) is 21.5 Å². The molecule has 4 heterocycles. The standard InChI is InChI=1S/C22H20ClN9O3/c1-3-32-20-14(9-27-32)18-13(8-25-20)21(31-10-16(26-11-31)22(33)30-34)29-28-19(18)24-7-12-4-5-17(35-2)15(23)6-12/h4-6,8-11,34H,3,7H2,1-2H3,(H,24,28)(H,30,33). The van der Waals surface area contributed by atoms with Gasteiger partial charge in [-0.3, -0.25) is 14.6 Å². The van der Waals surface area contributed by atoms with Crippen LogP contribution in [0.4, 0.5) is 5.82 Å². The van der Waals surface area contributed by atoms with Gasteiger partial charge in [-0.2, -0.15) is 5.10 Å². The van der Waals surface area contributed by atoms with Crippen molar-refractivity contribution in [1.29, 1.82) is 0 Å². The molecule has 0 atom stereocenters. The number of aromatic nitrogens is 7. The molecule has 1 amide bonds. The summed E-state index contributed by atoms with van der Waals surface area (Å²) in [6.07, 6.45) is 6.30. The summed E-state index contributed by atoms with van der Waals surface area (Å²) in [7, 11) is 1.57. The van der Waals surface area contributed by atoms with Crippen molar-refractivity contribution in [3.63, 3.8) is 0 Å². The van der Waals surface area contributed by atoms with Gasteiger partial charge in [-0.05, 0) is 24.6 Å². The molecule has 12 nitrogen and oxygen atoms in total. The molecule has 3 N–H and O–H groups in total. The first kappa shape index (κ1) is 22.5. The highest BCUT2D eigenvalue weighted by atomic mass is 35.5. The third-order valence-electron chi connectivity index (χ3n) is 5.53. The van der Waals surface area contributed by atoms with E-state index in [-0.39, 0.29) is 5.69 Å². The number of hydrogen-bond acceptors (Lipinski definition) is 9. The van der Waals surface area contributed by atoms with E-state index in [0.717, 1.165) is 16.3 Å². The molecule has 0 aliphatic rings. The molecule has 5 rings (SSSR count). The van der Waals surface area contributed by atoms with Gasteiger partial charge < -0.3 is 10.1 Å². The van der Waals surface area contributed by atoms with E-state index in [9.17, 15) is 4.79 Å². The van der Waals surface area contributed by atoms with Crippen LogP contribution in [0.3, 0.4) is 0 Å². The minimum absolute atomic E-state index is 0.0221. The maximum absolute atomic E-state index is 11.7. The summed E-state index contributed by atoms with van der Waals surface area (Å²) in [5.41, 5.74) is 3.23. The molecule has 35 heavy (non-hydrogen) atoms. The fourth-order valence-electron chi connectivity index (χ4n) is 3.82. The van der Waals surface area contributed by atoms with Crippen molar-refractivity contribution in [2.45, 2.75) is 20.0 Å². The number of hydrogen-bond donors (Lipinski definition) is 3. The molecule has 178 valence electrons. The zero-order valence-corrected chi connectivity index (χ0v) is 19.5. The molecule has 0 unspecified atom stereocenters. The number of nitrogens with one attached hydrogen (secondary N) is 2. The van der Waals surface area contributed by atoms with Crippen LogP contribution in [0.1, 0.15) is 23.0 Å². The summed E-state index contributed by atoms with van der Waals surface area (Å²) in [6.45, 7) is 3.08. The van der Waals surface area contributed by atoms with Gasteiger partial charge in [-0.1, -0.05) is 17.7 Å². The molecular formula is C22H20ClN9O3. The van der Waals surface area contributed by atoms with Crippen molar-refractivity contribution in [3.05, 3.63) is 59.4 Å². The van der Waals surface area contributed by atoms with Crippen molar-refractivity contribution in [3.8, 4) is 11.6 Å². The number of methoxy groups -OCH3 is 1. The molecule has 0 aliphatic carbocycles. The predicted molar refractivity (Wildman–Crippen MR) is 128 cm³/mol. The van der Waals surface area contributed by atoms with Crippen LogP contribution in [0.25, 0.3) is 27.6 Å². The number of imidazole rings is 1. The van der Waals surface area contributed by atoms with Gasteiger partial charge in [0.25, 0.3) is 5.91 Å². The van der Waals surface area contributed by atoms with Crippen LogP contribution in [-0.2, 0) is 13.1 Å². The molecule has 1 aromatic carbocycles. The number of aryl methyl sites for hydroxylation is 1. The third-order valence-corrected chi connectivity index (χ3v) is 5.82. The van der Waals surface area contributed by atoms with Gasteiger partial charge in [0.05, 0.1) is 23.7 Å². The SMILES string of the molecule is CCn1ncc2c3c(NCc4ccc(OC)c(Cl)c4)nnc(-n4cnc(C(=O)NO)c4)c3cnc21. The minimum Gasteiger partial charge on any atom is -0.495 e. The lowest BCUT2D eigenvalue weighted by molar-refractivity contribution is 0.0701. The average molecular weight is 494 g/mol. The fourth-order valence-corrected chi connectivity index (χ4v) is 4.10. The summed E-state index contributed by atoms with van der Waals surface area (Å²) in [4.78, 5) is 20.4. The first-order valence-electron chi connectivity index (χ1n) is 10.6. The van der Waals surface area contributed by atoms with Crippen molar-refractivity contribution < 1.29 is 14.7 Å². The van der Waals surface area contributed by atoms with Crippen molar-refractivity contribution >= 4 is 45.1 Å². The number of pyridine rings is 1. The van der Waals surface area contributed by atoms with Gasteiger partial charge in [0.15, 0.2) is 17.3 Å². The number of anilines is 1. The molecule has 0 saturated heterocycles. The summed E-state index contributed by atoms with van der Waals surface area (Å²) >= 11 is 6.27. The second-order valence-electron chi connectivity index (χ2n) is 7.55. The van der Waals surface area contributed by atoms with E-state index in [1.54, 1.807) is 40.3 Å². The van der Waals surface area contributed by atoms with E-state index in [2.05, 4.69) is 30.6 Å². The normalized spacial score (nSPS) is 11.2. The van der Waals surface area contributed by atoms with Crippen molar-refractivity contribution in [2.75, 3.05) is 12.4 Å². The number of carbonyl (C=O) groups excluding carboxylic acids is 1. The zero-order chi connectivity index (χ0) is 24.5. The first-order valence-corrected chi connectivity index (χ1v) is 11.0. The van der Waals surface area contributed by atoms with Crippen molar-refractivity contribution in [2.24, 2.45) is 0 Å². The Labute approximate surface area is 203 Å². The Morgan fingerprint density at radius 1 is 1.20 bits per heavy atom. The van der Waals surface area contributed by atoms with E-state index >= 15 is 0 Å². The molecule has 0 saturated carbocycles. The van der Waals surface area contributed by atoms with E-state index in [1.807, 2.05) is 19.1 Å².